The van der Waals surface area contributed by atoms with E-state index in [0.29, 0.717) is 0 Å². The zero-order valence-corrected chi connectivity index (χ0v) is 7.60. The topological polar surface area (TPSA) is 33.6 Å². The van der Waals surface area contributed by atoms with Gasteiger partial charge >= 0.3 is 0 Å². The van der Waals surface area contributed by atoms with Crippen molar-refractivity contribution in [3.63, 3.8) is 0 Å². The molecule has 1 aliphatic heterocycles. The summed E-state index contributed by atoms with van der Waals surface area (Å²) in [4.78, 5) is 4.02. The van der Waals surface area contributed by atoms with Gasteiger partial charge in [0.2, 0.25) is 0 Å². The van der Waals surface area contributed by atoms with Gasteiger partial charge in [0.25, 0.3) is 6.02 Å². The van der Waals surface area contributed by atoms with Gasteiger partial charge in [-0.3, -0.25) is 0 Å². The number of hydrogen-bond acceptors (Lipinski definition) is 2. The Hall–Kier alpha value is -0.730. The first-order valence-electron chi connectivity index (χ1n) is 4.74. The maximum absolute atomic E-state index is 5.78. The molecule has 0 radical (unpaired) electrons. The van der Waals surface area contributed by atoms with Gasteiger partial charge in [0.05, 0.1) is 6.54 Å². The molecule has 0 aromatic heterocycles. The van der Waals surface area contributed by atoms with E-state index in [9.17, 15) is 0 Å². The zero-order chi connectivity index (χ0) is 8.44. The Morgan fingerprint density at radius 2 is 2.08 bits per heavy atom. The number of nitrogens with one attached hydrogen (secondary N) is 1. The fraction of sp³-hybridized carbons (Fsp3) is 0.889. The first-order valence-corrected chi connectivity index (χ1v) is 4.74. The number of rotatable bonds is 0. The number of hydrogen-bond donors (Lipinski definition) is 1. The molecule has 1 aliphatic carbocycles. The van der Waals surface area contributed by atoms with E-state index in [0.717, 1.165) is 12.6 Å². The lowest BCUT2D eigenvalue weighted by molar-refractivity contribution is 0.0517. The van der Waals surface area contributed by atoms with Crippen LogP contribution in [0.25, 0.3) is 0 Å². The highest BCUT2D eigenvalue weighted by atomic mass is 16.5. The molecule has 0 atom stereocenters. The number of amidine groups is 1. The third kappa shape index (κ3) is 1.28. The molecule has 2 fully saturated rings. The molecule has 3 nitrogen and oxygen atoms in total. The van der Waals surface area contributed by atoms with Crippen LogP contribution in [-0.4, -0.2) is 25.2 Å². The van der Waals surface area contributed by atoms with E-state index in [1.807, 2.05) is 0 Å². The van der Waals surface area contributed by atoms with Crippen molar-refractivity contribution < 1.29 is 4.74 Å². The van der Waals surface area contributed by atoms with Crippen LogP contribution in [0.5, 0.6) is 0 Å². The second kappa shape index (κ2) is 2.96. The lowest BCUT2D eigenvalue weighted by Gasteiger charge is -2.30. The van der Waals surface area contributed by atoms with E-state index in [4.69, 9.17) is 4.74 Å². The van der Waals surface area contributed by atoms with E-state index < -0.39 is 0 Å². The Morgan fingerprint density at radius 3 is 2.67 bits per heavy atom. The largest absolute Gasteiger partial charge is 0.457 e. The van der Waals surface area contributed by atoms with E-state index in [1.54, 1.807) is 7.05 Å². The normalized spacial score (nSPS) is 30.2. The highest BCUT2D eigenvalue weighted by molar-refractivity contribution is 5.76. The van der Waals surface area contributed by atoms with Crippen molar-refractivity contribution in [3.05, 3.63) is 0 Å². The van der Waals surface area contributed by atoms with Gasteiger partial charge in [-0.1, -0.05) is 6.42 Å². The monoisotopic (exact) mass is 168 g/mol. The average molecular weight is 168 g/mol. The van der Waals surface area contributed by atoms with Crippen LogP contribution < -0.4 is 5.32 Å². The van der Waals surface area contributed by atoms with Crippen LogP contribution in [0, 0.1) is 0 Å². The van der Waals surface area contributed by atoms with Crippen LogP contribution in [-0.2, 0) is 4.74 Å². The summed E-state index contributed by atoms with van der Waals surface area (Å²) in [5.41, 5.74) is 0.104. The number of nitrogens with zero attached hydrogens (tertiary/aromatic N) is 1. The van der Waals surface area contributed by atoms with Gasteiger partial charge in [-0.05, 0) is 25.7 Å². The highest BCUT2D eigenvalue weighted by Gasteiger charge is 2.39. The Bertz CT molecular complexity index is 195. The molecule has 1 saturated carbocycles. The van der Waals surface area contributed by atoms with Gasteiger partial charge in [0, 0.05) is 7.05 Å². The van der Waals surface area contributed by atoms with Crippen molar-refractivity contribution in [1.29, 1.82) is 0 Å². The van der Waals surface area contributed by atoms with Crippen LogP contribution in [0.4, 0.5) is 0 Å². The summed E-state index contributed by atoms with van der Waals surface area (Å²) in [5, 5.41) is 3.19. The molecule has 3 heteroatoms. The van der Waals surface area contributed by atoms with Crippen molar-refractivity contribution >= 4 is 6.02 Å². The molecule has 0 aromatic rings. The smallest absolute Gasteiger partial charge is 0.285 e. The Morgan fingerprint density at radius 1 is 1.33 bits per heavy atom. The summed E-state index contributed by atoms with van der Waals surface area (Å²) in [6.07, 6.45) is 6.36. The minimum absolute atomic E-state index is 0.104. The van der Waals surface area contributed by atoms with Gasteiger partial charge in [-0.15, -0.1) is 0 Å². The van der Waals surface area contributed by atoms with Crippen molar-refractivity contribution in [2.75, 3.05) is 13.6 Å². The van der Waals surface area contributed by atoms with Crippen LogP contribution in [0.2, 0.25) is 0 Å². The molecule has 0 amide bonds. The molecule has 0 aromatic carbocycles. The zero-order valence-electron chi connectivity index (χ0n) is 7.60. The van der Waals surface area contributed by atoms with E-state index in [-0.39, 0.29) is 5.60 Å². The first kappa shape index (κ1) is 7.90. The van der Waals surface area contributed by atoms with Crippen LogP contribution in [0.15, 0.2) is 4.99 Å². The van der Waals surface area contributed by atoms with Crippen molar-refractivity contribution in [1.82, 2.24) is 5.32 Å². The van der Waals surface area contributed by atoms with Gasteiger partial charge < -0.3 is 10.1 Å². The molecule has 1 heterocycles. The Kier molecular flexibility index (Phi) is 1.95. The number of aliphatic imine (C=N–C) groups is 1. The van der Waals surface area contributed by atoms with Gasteiger partial charge in [0.1, 0.15) is 5.60 Å². The van der Waals surface area contributed by atoms with Crippen LogP contribution in [0.3, 0.4) is 0 Å². The fourth-order valence-corrected chi connectivity index (χ4v) is 2.11. The first-order chi connectivity index (χ1) is 5.85. The molecule has 1 saturated heterocycles. The predicted octanol–water partition coefficient (Wildman–Crippen LogP) is 1.29. The summed E-state index contributed by atoms with van der Waals surface area (Å²) < 4.78 is 5.78. The summed E-state index contributed by atoms with van der Waals surface area (Å²) in [6, 6.07) is 0.733. The summed E-state index contributed by atoms with van der Waals surface area (Å²) in [5.74, 6) is 0. The molecule has 2 aliphatic rings. The fourth-order valence-electron chi connectivity index (χ4n) is 2.11. The van der Waals surface area contributed by atoms with Crippen molar-refractivity contribution in [2.45, 2.75) is 37.7 Å². The van der Waals surface area contributed by atoms with Gasteiger partial charge in [0.15, 0.2) is 0 Å². The molecule has 0 bridgehead atoms. The third-order valence-corrected chi connectivity index (χ3v) is 2.84. The molecular weight excluding hydrogens is 152 g/mol. The summed E-state index contributed by atoms with van der Waals surface area (Å²) in [7, 11) is 1.77. The van der Waals surface area contributed by atoms with E-state index >= 15 is 0 Å². The van der Waals surface area contributed by atoms with Gasteiger partial charge in [-0.2, -0.15) is 0 Å². The second-order valence-corrected chi connectivity index (χ2v) is 3.73. The second-order valence-electron chi connectivity index (χ2n) is 3.73. The summed E-state index contributed by atoms with van der Waals surface area (Å²) in [6.45, 7) is 0.958. The molecule has 0 unspecified atom stereocenters. The molecule has 68 valence electrons. The lowest BCUT2D eigenvalue weighted by Crippen LogP contribution is -2.35. The average Bonchev–Trinajstić information content (AvgIpc) is 2.50. The Balaban J connectivity index is 2.03. The maximum Gasteiger partial charge on any atom is 0.285 e. The molecular formula is C9H16N2O. The number of ether oxygens (including phenoxy) is 1. The lowest BCUT2D eigenvalue weighted by atomic mass is 9.85. The van der Waals surface area contributed by atoms with Crippen LogP contribution in [0.1, 0.15) is 32.1 Å². The van der Waals surface area contributed by atoms with E-state index in [2.05, 4.69) is 10.3 Å². The molecule has 2 rings (SSSR count). The quantitative estimate of drug-likeness (QED) is 0.591. The predicted molar refractivity (Wildman–Crippen MR) is 48.3 cm³/mol. The van der Waals surface area contributed by atoms with Crippen molar-refractivity contribution in [3.8, 4) is 0 Å². The molecule has 12 heavy (non-hydrogen) atoms. The minimum Gasteiger partial charge on any atom is -0.457 e. The standard InChI is InChI=1S/C9H16N2O/c1-10-8-11-7-9(12-8)5-3-2-4-6-9/h2-7H2,1H3,(H,10,11). The SMILES string of the molecule is CN=C1NCC2(CCCCC2)O1. The van der Waals surface area contributed by atoms with Gasteiger partial charge in [-0.25, -0.2) is 4.99 Å². The molecule has 1 N–H and O–H groups in total. The van der Waals surface area contributed by atoms with E-state index in [1.165, 1.54) is 32.1 Å². The van der Waals surface area contributed by atoms with Crippen molar-refractivity contribution in [2.24, 2.45) is 4.99 Å². The maximum atomic E-state index is 5.78. The molecule has 1 spiro atoms. The Labute approximate surface area is 73.2 Å². The summed E-state index contributed by atoms with van der Waals surface area (Å²) >= 11 is 0. The highest BCUT2D eigenvalue weighted by Crippen LogP contribution is 2.33. The van der Waals surface area contributed by atoms with Crippen LogP contribution >= 0.6 is 0 Å². The minimum atomic E-state index is 0.104. The third-order valence-electron chi connectivity index (χ3n) is 2.84.